The molecule has 0 atom stereocenters. The van der Waals surface area contributed by atoms with E-state index in [1.807, 2.05) is 36.4 Å². The zero-order chi connectivity index (χ0) is 99.0. The summed E-state index contributed by atoms with van der Waals surface area (Å²) in [5, 5.41) is 54.4. The third-order valence-electron chi connectivity index (χ3n) is 27.5. The Hall–Kier alpha value is -11.5. The van der Waals surface area contributed by atoms with Crippen LogP contribution in [0.3, 0.4) is 0 Å². The summed E-state index contributed by atoms with van der Waals surface area (Å²) in [6.07, 6.45) is 52.0. The van der Waals surface area contributed by atoms with Gasteiger partial charge in [-0.05, 0) is 166 Å². The summed E-state index contributed by atoms with van der Waals surface area (Å²) in [4.78, 5) is 44.5. The first kappa shape index (κ1) is 106. The van der Waals surface area contributed by atoms with Gasteiger partial charge >= 0.3 is 0 Å². The maximum atomic E-state index is 11.4. The van der Waals surface area contributed by atoms with Gasteiger partial charge in [-0.1, -0.05) is 478 Å². The van der Waals surface area contributed by atoms with Gasteiger partial charge in [0.25, 0.3) is 0 Å². The van der Waals surface area contributed by atoms with Gasteiger partial charge in [0.2, 0.25) is 0 Å². The van der Waals surface area contributed by atoms with E-state index in [1.165, 1.54) is 296 Å². The maximum Gasteiger partial charge on any atom is 0.191 e. The van der Waals surface area contributed by atoms with Crippen molar-refractivity contribution in [3.05, 3.63) is 237 Å². The minimum absolute atomic E-state index is 0.118. The normalized spacial score (nSPS) is 11.6. The van der Waals surface area contributed by atoms with E-state index in [0.717, 1.165) is 75.4 Å². The number of nitrogens with zero attached hydrogens (tertiary/aromatic N) is 9. The highest BCUT2D eigenvalue weighted by Crippen LogP contribution is 2.45. The molecule has 0 aliphatic rings. The summed E-state index contributed by atoms with van der Waals surface area (Å²) >= 11 is 4.97. The molecule has 746 valence electrons. The molecule has 3 N–H and O–H groups in total. The molecular formula is C126H149N9O5S3. The molecule has 0 spiro atoms. The highest BCUT2D eigenvalue weighted by molar-refractivity contribution is 7.99. The molecule has 17 rings (SSSR count). The number of fused-ring (bicyclic) bond motifs is 8. The third-order valence-corrected chi connectivity index (χ3v) is 30.3. The summed E-state index contributed by atoms with van der Waals surface area (Å²) in [5.41, 5.74) is 4.68. The van der Waals surface area contributed by atoms with E-state index in [9.17, 15) is 15.3 Å². The number of phenols is 3. The molecule has 17 heteroatoms. The smallest absolute Gasteiger partial charge is 0.191 e. The number of aromatic hydroxyl groups is 3. The number of ether oxygens (including phenoxy) is 2. The molecule has 0 saturated heterocycles. The van der Waals surface area contributed by atoms with Crippen LogP contribution >= 0.6 is 35.3 Å². The van der Waals surface area contributed by atoms with Crippen molar-refractivity contribution in [2.24, 2.45) is 0 Å². The van der Waals surface area contributed by atoms with Crippen molar-refractivity contribution in [2.45, 2.75) is 319 Å². The van der Waals surface area contributed by atoms with Gasteiger partial charge in [-0.15, -0.1) is 0 Å². The predicted octanol–water partition coefficient (Wildman–Crippen LogP) is 37.5. The molecule has 0 fully saturated rings. The Balaban J connectivity index is 0.000000167. The second-order valence-corrected chi connectivity index (χ2v) is 42.6. The Morgan fingerprint density at radius 2 is 0.538 bits per heavy atom. The quantitative estimate of drug-likeness (QED) is 0.0185. The molecule has 3 aromatic heterocycles. The number of phenolic OH excluding ortho intramolecular Hbond substituents is 3. The molecule has 0 bridgehead atoms. The molecule has 14 nitrogen and oxygen atoms in total. The lowest BCUT2D eigenvalue weighted by Crippen LogP contribution is -2.01. The third kappa shape index (κ3) is 30.1. The average Bonchev–Trinajstić information content (AvgIpc) is 0.745. The Morgan fingerprint density at radius 3 is 0.993 bits per heavy atom. The molecule has 3 heterocycles. The summed E-state index contributed by atoms with van der Waals surface area (Å²) in [7, 11) is 0. The molecule has 0 amide bonds. The van der Waals surface area contributed by atoms with E-state index < -0.39 is 0 Å². The Bertz CT molecular complexity index is 6860. The van der Waals surface area contributed by atoms with Crippen LogP contribution in [-0.2, 0) is 0 Å². The summed E-state index contributed by atoms with van der Waals surface area (Å²) < 4.78 is 12.2. The Labute approximate surface area is 862 Å². The molecule has 143 heavy (non-hydrogen) atoms. The number of hydrogen-bond donors (Lipinski definition) is 3. The van der Waals surface area contributed by atoms with Crippen molar-refractivity contribution in [3.8, 4) is 97.1 Å². The fraction of sp³-hybridized carbons (Fsp3) is 0.405. The van der Waals surface area contributed by atoms with Gasteiger partial charge in [-0.25, -0.2) is 44.9 Å². The fourth-order valence-electron chi connectivity index (χ4n) is 19.7. The summed E-state index contributed by atoms with van der Waals surface area (Å²) in [5.74, 6) is 6.95. The largest absolute Gasteiger partial charge is 0.507 e. The highest BCUT2D eigenvalue weighted by atomic mass is 32.2. The number of aromatic nitrogens is 9. The topological polar surface area (TPSA) is 195 Å². The van der Waals surface area contributed by atoms with Crippen molar-refractivity contribution in [3.63, 3.8) is 0 Å². The number of unbranched alkanes of at least 4 members (excludes halogenated alkanes) is 36. The lowest BCUT2D eigenvalue weighted by molar-refractivity contribution is 0.302. The van der Waals surface area contributed by atoms with Crippen LogP contribution in [0, 0.1) is 0 Å². The van der Waals surface area contributed by atoms with Gasteiger partial charge in [0.15, 0.2) is 50.4 Å². The zero-order valence-electron chi connectivity index (χ0n) is 85.6. The van der Waals surface area contributed by atoms with E-state index in [2.05, 4.69) is 222 Å². The number of benzene rings is 14. The molecular weight excluding hydrogens is 1820 g/mol. The summed E-state index contributed by atoms with van der Waals surface area (Å²) in [6, 6.07) is 80.5. The van der Waals surface area contributed by atoms with Crippen LogP contribution in [0.15, 0.2) is 252 Å². The van der Waals surface area contributed by atoms with Crippen LogP contribution in [0.4, 0.5) is 0 Å². The zero-order valence-corrected chi connectivity index (χ0v) is 88.1. The molecule has 0 radical (unpaired) electrons. The van der Waals surface area contributed by atoms with Crippen LogP contribution in [0.1, 0.15) is 298 Å². The molecule has 14 aromatic carbocycles. The van der Waals surface area contributed by atoms with Crippen molar-refractivity contribution in [1.82, 2.24) is 44.9 Å². The molecule has 0 aliphatic heterocycles. The Kier molecular flexibility index (Phi) is 41.9. The van der Waals surface area contributed by atoms with Crippen LogP contribution in [0.2, 0.25) is 0 Å². The average molecular weight is 1970 g/mol. The first-order valence-corrected chi connectivity index (χ1v) is 57.1. The number of rotatable bonds is 56. The standard InChI is InChI=1S/C51H65N3O2S.C47H63N3O2S.C28H21N3OS/c1-3-5-7-9-11-13-15-17-19-25-35-56-40-32-34-45(48(55)37-40)49-52-50(54-51(53-49)57-36-26-20-18-16-14-12-10-8-6-4-2)47-38-46-41-28-22-21-27-39(41)31-33-44(46)42-29-23-24-30-43(42)47;1-3-5-7-9-11-13-15-17-19-25-33-52-38-31-32-42(44(51)36-38)45-48-46(43-35-37-27-21-22-28-39(37)40-29-23-24-30-41(40)43)50-47(49-45)53-34-26-20-18-16-14-12-10-8-6-4-2;1-16(2)33-28-30-26(29-27(31-28)22-8-3-4-9-23(22)32)21-15-13-19-11-10-17-6-5-7-18-12-14-20(21)25(19)24(17)18/h21-24,27-34,37-38,55H,3-20,25-26,35-36H2,1-2H3;21-24,27-32,35-36,51H,3-20,25-26,33-34H2,1-2H3;3-16,32H,1-2H3. The SMILES string of the molecule is CC(C)Sc1nc(-c2ccccc2O)nc(-c2ccc3ccc4cccc5ccc2c3c45)n1.CCCCCCCCCCCCOc1ccc(-c2nc(SCCCCCCCCCCCC)nc(-c3cc4c5ccccc5ccc4c4ccccc34)n2)c(O)c1.CCCCCCCCCCCCOc1ccc(-c2nc(SCCCCCCCCCCCC)nc(-c3cc4ccccc4c4ccccc34)n2)c(O)c1. The van der Waals surface area contributed by atoms with E-state index in [4.69, 9.17) is 49.3 Å². The molecule has 0 unspecified atom stereocenters. The second kappa shape index (κ2) is 56.7. The van der Waals surface area contributed by atoms with Crippen molar-refractivity contribution in [1.29, 1.82) is 0 Å². The second-order valence-electron chi connectivity index (χ2n) is 39.0. The summed E-state index contributed by atoms with van der Waals surface area (Å²) in [6.45, 7) is 14.6. The highest BCUT2D eigenvalue weighted by Gasteiger charge is 2.24. The first-order valence-electron chi connectivity index (χ1n) is 54.2. The van der Waals surface area contributed by atoms with E-state index in [0.29, 0.717) is 97.1 Å². The number of para-hydroxylation sites is 1. The van der Waals surface area contributed by atoms with Gasteiger partial charge in [0, 0.05) is 45.6 Å². The van der Waals surface area contributed by atoms with Crippen LogP contribution in [-0.4, -0.2) is 90.1 Å². The lowest BCUT2D eigenvalue weighted by atomic mass is 9.92. The van der Waals surface area contributed by atoms with Crippen LogP contribution in [0.25, 0.3) is 155 Å². The van der Waals surface area contributed by atoms with E-state index in [-0.39, 0.29) is 17.2 Å². The van der Waals surface area contributed by atoms with Gasteiger partial charge in [-0.3, -0.25) is 0 Å². The minimum Gasteiger partial charge on any atom is -0.507 e. The van der Waals surface area contributed by atoms with Gasteiger partial charge < -0.3 is 24.8 Å². The number of hydrogen-bond acceptors (Lipinski definition) is 17. The van der Waals surface area contributed by atoms with Crippen LogP contribution in [0.5, 0.6) is 28.7 Å². The first-order chi connectivity index (χ1) is 70.4. The monoisotopic (exact) mass is 1960 g/mol. The van der Waals surface area contributed by atoms with Crippen molar-refractivity contribution >= 4 is 121 Å². The van der Waals surface area contributed by atoms with Crippen molar-refractivity contribution < 1.29 is 24.8 Å². The van der Waals surface area contributed by atoms with Gasteiger partial charge in [-0.2, -0.15) is 0 Å². The molecule has 0 aliphatic carbocycles. The minimum atomic E-state index is 0.118. The predicted molar refractivity (Wildman–Crippen MR) is 609 cm³/mol. The van der Waals surface area contributed by atoms with E-state index in [1.54, 1.807) is 59.6 Å². The van der Waals surface area contributed by atoms with Gasteiger partial charge in [0.05, 0.1) is 29.9 Å². The molecule has 0 saturated carbocycles. The molecule has 17 aromatic rings. The number of thioether (sulfide) groups is 3. The maximum absolute atomic E-state index is 11.4. The van der Waals surface area contributed by atoms with Crippen LogP contribution < -0.4 is 9.47 Å². The Morgan fingerprint density at radius 1 is 0.224 bits per heavy atom. The lowest BCUT2D eigenvalue weighted by Gasteiger charge is -2.14. The fourth-order valence-corrected chi connectivity index (χ4v) is 22.1. The van der Waals surface area contributed by atoms with Gasteiger partial charge in [0.1, 0.15) is 28.7 Å². The van der Waals surface area contributed by atoms with E-state index >= 15 is 0 Å². The van der Waals surface area contributed by atoms with Crippen molar-refractivity contribution in [2.75, 3.05) is 24.7 Å².